The van der Waals surface area contributed by atoms with E-state index in [4.69, 9.17) is 4.74 Å². The fraction of sp³-hybridized carbons (Fsp3) is 0.214. The summed E-state index contributed by atoms with van der Waals surface area (Å²) >= 11 is 0. The molecule has 7 heteroatoms. The van der Waals surface area contributed by atoms with Gasteiger partial charge in [-0.2, -0.15) is 10.1 Å². The molecule has 1 heterocycles. The maximum atomic E-state index is 12.8. The van der Waals surface area contributed by atoms with Gasteiger partial charge in [0.2, 0.25) is 0 Å². The number of aliphatic hydroxyl groups excluding tert-OH is 1. The van der Waals surface area contributed by atoms with Crippen LogP contribution in [0.3, 0.4) is 0 Å². The molecule has 35 heavy (non-hydrogen) atoms. The molecule has 4 aromatic rings. The third-order valence-electron chi connectivity index (χ3n) is 5.48. The first-order valence-electron chi connectivity index (χ1n) is 11.5. The highest BCUT2D eigenvalue weighted by molar-refractivity contribution is 5.77. The molecule has 1 unspecified atom stereocenters. The predicted molar refractivity (Wildman–Crippen MR) is 134 cm³/mol. The van der Waals surface area contributed by atoms with Crippen molar-refractivity contribution in [2.75, 3.05) is 6.61 Å². The van der Waals surface area contributed by atoms with Crippen LogP contribution in [0.2, 0.25) is 0 Å². The quantitative estimate of drug-likeness (QED) is 0.378. The Morgan fingerprint density at radius 2 is 1.51 bits per heavy atom. The number of benzene rings is 3. The molecule has 1 atom stereocenters. The Balaban J connectivity index is 1.49. The fourth-order valence-corrected chi connectivity index (χ4v) is 3.64. The summed E-state index contributed by atoms with van der Waals surface area (Å²) in [6, 6.07) is 26.4. The maximum absolute atomic E-state index is 12.8. The van der Waals surface area contributed by atoms with E-state index in [1.807, 2.05) is 72.8 Å². The first-order valence-corrected chi connectivity index (χ1v) is 11.5. The summed E-state index contributed by atoms with van der Waals surface area (Å²) in [6.45, 7) is 1.51. The molecule has 0 aliphatic rings. The summed E-state index contributed by atoms with van der Waals surface area (Å²) in [5, 5.41) is 15.1. The highest BCUT2D eigenvalue weighted by atomic mass is 16.5. The minimum absolute atomic E-state index is 0.0119. The molecule has 0 saturated heterocycles. The number of carbonyl (C=O) groups excluding carboxylic acids is 1. The first kappa shape index (κ1) is 24.0. The standard InChI is InChI=1S/C28H27N3O4/c1-20(32)12-13-21-14-16-25(17-15-21)35-19-24(33)18-31-28(34)29-26(22-8-4-2-5-9-22)27(30-31)23-10-6-3-7-11-23/h2-11,14-17,24,33H,12-13,18-19H2,1H3. The van der Waals surface area contributed by atoms with Crippen molar-refractivity contribution in [1.82, 2.24) is 14.8 Å². The maximum Gasteiger partial charge on any atom is 0.364 e. The fourth-order valence-electron chi connectivity index (χ4n) is 3.64. The van der Waals surface area contributed by atoms with Gasteiger partial charge in [0, 0.05) is 17.5 Å². The highest BCUT2D eigenvalue weighted by Crippen LogP contribution is 2.27. The van der Waals surface area contributed by atoms with Crippen LogP contribution in [0.25, 0.3) is 22.5 Å². The van der Waals surface area contributed by atoms with Gasteiger partial charge < -0.3 is 14.6 Å². The summed E-state index contributed by atoms with van der Waals surface area (Å²) < 4.78 is 6.86. The van der Waals surface area contributed by atoms with E-state index >= 15 is 0 Å². The molecule has 178 valence electrons. The normalized spacial score (nSPS) is 11.7. The van der Waals surface area contributed by atoms with E-state index in [0.717, 1.165) is 16.7 Å². The van der Waals surface area contributed by atoms with Crippen LogP contribution in [-0.2, 0) is 17.8 Å². The van der Waals surface area contributed by atoms with Gasteiger partial charge in [-0.05, 0) is 31.0 Å². The number of ether oxygens (including phenoxy) is 1. The lowest BCUT2D eigenvalue weighted by Crippen LogP contribution is -2.34. The molecule has 1 N–H and O–H groups in total. The van der Waals surface area contributed by atoms with Gasteiger partial charge in [0.1, 0.15) is 35.6 Å². The lowest BCUT2D eigenvalue weighted by Gasteiger charge is -2.15. The van der Waals surface area contributed by atoms with Crippen LogP contribution < -0.4 is 10.4 Å². The average Bonchev–Trinajstić information content (AvgIpc) is 2.89. The Morgan fingerprint density at radius 3 is 2.11 bits per heavy atom. The van der Waals surface area contributed by atoms with Gasteiger partial charge in [-0.1, -0.05) is 72.8 Å². The van der Waals surface area contributed by atoms with E-state index in [0.29, 0.717) is 30.0 Å². The molecule has 3 aromatic carbocycles. The number of nitrogens with zero attached hydrogens (tertiary/aromatic N) is 3. The molecular weight excluding hydrogens is 442 g/mol. The van der Waals surface area contributed by atoms with Crippen molar-refractivity contribution in [3.63, 3.8) is 0 Å². The van der Waals surface area contributed by atoms with Crippen LogP contribution in [0, 0.1) is 0 Å². The Labute approximate surface area is 203 Å². The van der Waals surface area contributed by atoms with Crippen molar-refractivity contribution in [2.24, 2.45) is 0 Å². The Hall–Kier alpha value is -4.10. The van der Waals surface area contributed by atoms with Crippen molar-refractivity contribution in [1.29, 1.82) is 0 Å². The second kappa shape index (κ2) is 11.4. The number of aliphatic hydroxyl groups is 1. The second-order valence-corrected chi connectivity index (χ2v) is 8.32. The molecule has 0 radical (unpaired) electrons. The van der Waals surface area contributed by atoms with Crippen molar-refractivity contribution in [3.8, 4) is 28.3 Å². The molecule has 0 bridgehead atoms. The lowest BCUT2D eigenvalue weighted by molar-refractivity contribution is -0.116. The number of aromatic nitrogens is 3. The minimum atomic E-state index is -0.967. The Morgan fingerprint density at radius 1 is 0.914 bits per heavy atom. The van der Waals surface area contributed by atoms with E-state index in [1.165, 1.54) is 4.68 Å². The lowest BCUT2D eigenvalue weighted by atomic mass is 10.0. The van der Waals surface area contributed by atoms with Crippen LogP contribution in [0.5, 0.6) is 5.75 Å². The summed E-state index contributed by atoms with van der Waals surface area (Å²) in [7, 11) is 0. The molecular formula is C28H27N3O4. The van der Waals surface area contributed by atoms with Gasteiger partial charge in [0.05, 0.1) is 6.54 Å². The highest BCUT2D eigenvalue weighted by Gasteiger charge is 2.17. The topological polar surface area (TPSA) is 94.3 Å². The first-order chi connectivity index (χ1) is 17.0. The average molecular weight is 470 g/mol. The molecule has 0 fully saturated rings. The predicted octanol–water partition coefficient (Wildman–Crippen LogP) is 3.93. The third kappa shape index (κ3) is 6.49. The van der Waals surface area contributed by atoms with Crippen LogP contribution in [-0.4, -0.2) is 38.4 Å². The molecule has 0 aliphatic heterocycles. The van der Waals surface area contributed by atoms with Crippen LogP contribution in [0.15, 0.2) is 89.7 Å². The van der Waals surface area contributed by atoms with Gasteiger partial charge in [-0.25, -0.2) is 9.48 Å². The second-order valence-electron chi connectivity index (χ2n) is 8.32. The van der Waals surface area contributed by atoms with E-state index < -0.39 is 11.8 Å². The van der Waals surface area contributed by atoms with Crippen LogP contribution >= 0.6 is 0 Å². The van der Waals surface area contributed by atoms with Crippen molar-refractivity contribution >= 4 is 5.78 Å². The molecule has 0 amide bonds. The number of ketones is 1. The van der Waals surface area contributed by atoms with Crippen molar-refractivity contribution in [3.05, 3.63) is 101 Å². The SMILES string of the molecule is CC(=O)CCc1ccc(OCC(O)Cn2nc(-c3ccccc3)c(-c3ccccc3)nc2=O)cc1. The Kier molecular flexibility index (Phi) is 7.80. The van der Waals surface area contributed by atoms with Crippen molar-refractivity contribution in [2.45, 2.75) is 32.4 Å². The summed E-state index contributed by atoms with van der Waals surface area (Å²) in [5.41, 5.74) is 3.17. The zero-order valence-corrected chi connectivity index (χ0v) is 19.5. The van der Waals surface area contributed by atoms with Gasteiger partial charge >= 0.3 is 5.69 Å². The monoisotopic (exact) mass is 469 g/mol. The van der Waals surface area contributed by atoms with E-state index in [2.05, 4.69) is 10.1 Å². The number of Topliss-reactive ketones (excluding diaryl/α,β-unsaturated/α-hetero) is 1. The van der Waals surface area contributed by atoms with Gasteiger partial charge in [0.25, 0.3) is 0 Å². The Bertz CT molecular complexity index is 1320. The summed E-state index contributed by atoms with van der Waals surface area (Å²) in [6.07, 6.45) is 0.219. The molecule has 0 aliphatic carbocycles. The van der Waals surface area contributed by atoms with Gasteiger partial charge in [-0.15, -0.1) is 0 Å². The van der Waals surface area contributed by atoms with Gasteiger partial charge in [0.15, 0.2) is 0 Å². The zero-order chi connectivity index (χ0) is 24.6. The van der Waals surface area contributed by atoms with E-state index in [9.17, 15) is 14.7 Å². The largest absolute Gasteiger partial charge is 0.491 e. The molecule has 0 spiro atoms. The molecule has 7 nitrogen and oxygen atoms in total. The number of hydrogen-bond donors (Lipinski definition) is 1. The van der Waals surface area contributed by atoms with Crippen LogP contribution in [0.4, 0.5) is 0 Å². The van der Waals surface area contributed by atoms with Crippen molar-refractivity contribution < 1.29 is 14.6 Å². The van der Waals surface area contributed by atoms with Gasteiger partial charge in [-0.3, -0.25) is 0 Å². The summed E-state index contributed by atoms with van der Waals surface area (Å²) in [4.78, 5) is 28.2. The minimum Gasteiger partial charge on any atom is -0.491 e. The summed E-state index contributed by atoms with van der Waals surface area (Å²) in [5.74, 6) is 0.748. The zero-order valence-electron chi connectivity index (χ0n) is 19.5. The van der Waals surface area contributed by atoms with E-state index in [1.54, 1.807) is 19.1 Å². The molecule has 4 rings (SSSR count). The smallest absolute Gasteiger partial charge is 0.364 e. The number of rotatable bonds is 10. The molecule has 1 aromatic heterocycles. The number of carbonyl (C=O) groups is 1. The number of hydrogen-bond acceptors (Lipinski definition) is 6. The van der Waals surface area contributed by atoms with Crippen LogP contribution in [0.1, 0.15) is 18.9 Å². The third-order valence-corrected chi connectivity index (χ3v) is 5.48. The molecule has 0 saturated carbocycles. The van der Waals surface area contributed by atoms with E-state index in [-0.39, 0.29) is 18.9 Å². The number of aryl methyl sites for hydroxylation is 1.